The van der Waals surface area contributed by atoms with E-state index in [1.807, 2.05) is 6.92 Å². The third kappa shape index (κ3) is 9.47. The fraction of sp³-hybridized carbons (Fsp3) is 0.812. The van der Waals surface area contributed by atoms with Crippen molar-refractivity contribution in [3.05, 3.63) is 12.2 Å². The van der Waals surface area contributed by atoms with E-state index in [1.165, 1.54) is 6.42 Å². The molecule has 1 aliphatic heterocycles. The van der Waals surface area contributed by atoms with E-state index >= 15 is 0 Å². The Morgan fingerprint density at radius 1 is 1.43 bits per heavy atom. The molecule has 5 nitrogen and oxygen atoms in total. The summed E-state index contributed by atoms with van der Waals surface area (Å²) in [6.07, 6.45) is 8.80. The predicted molar refractivity (Wildman–Crippen MR) is 87.8 cm³/mol. The Hall–Kier alpha value is -1.07. The maximum absolute atomic E-state index is 5.63. The van der Waals surface area contributed by atoms with Crippen molar-refractivity contribution in [2.45, 2.75) is 45.6 Å². The van der Waals surface area contributed by atoms with Gasteiger partial charge in [0.15, 0.2) is 5.96 Å². The summed E-state index contributed by atoms with van der Waals surface area (Å²) in [6, 6.07) is 0. The summed E-state index contributed by atoms with van der Waals surface area (Å²) < 4.78 is 11.1. The first-order chi connectivity index (χ1) is 10.4. The molecule has 2 N–H and O–H groups in total. The lowest BCUT2D eigenvalue weighted by Gasteiger charge is -2.11. The second kappa shape index (κ2) is 12.7. The van der Waals surface area contributed by atoms with Crippen molar-refractivity contribution in [2.24, 2.45) is 4.99 Å². The van der Waals surface area contributed by atoms with Crippen molar-refractivity contribution in [3.63, 3.8) is 0 Å². The fourth-order valence-electron chi connectivity index (χ4n) is 2.13. The van der Waals surface area contributed by atoms with Crippen LogP contribution in [-0.2, 0) is 9.47 Å². The zero-order valence-corrected chi connectivity index (χ0v) is 13.6. The minimum atomic E-state index is 0.319. The molecule has 0 amide bonds. The van der Waals surface area contributed by atoms with E-state index < -0.39 is 0 Å². The first-order valence-corrected chi connectivity index (χ1v) is 8.19. The van der Waals surface area contributed by atoms with E-state index in [9.17, 15) is 0 Å². The zero-order chi connectivity index (χ0) is 15.2. The zero-order valence-electron chi connectivity index (χ0n) is 13.6. The third-order valence-electron chi connectivity index (χ3n) is 3.23. The van der Waals surface area contributed by atoms with Crippen molar-refractivity contribution in [1.29, 1.82) is 0 Å². The SMILES string of the molecule is CC=CCCNC(=NCCCOCC1CCCO1)NCC. The van der Waals surface area contributed by atoms with Crippen LogP contribution in [0.1, 0.15) is 39.5 Å². The molecule has 1 rings (SSSR count). The molecule has 1 atom stereocenters. The lowest BCUT2D eigenvalue weighted by atomic mass is 10.2. The second-order valence-electron chi connectivity index (χ2n) is 5.11. The lowest BCUT2D eigenvalue weighted by molar-refractivity contribution is 0.0171. The molecule has 1 unspecified atom stereocenters. The molecule has 0 spiro atoms. The van der Waals surface area contributed by atoms with Gasteiger partial charge in [-0.25, -0.2) is 0 Å². The largest absolute Gasteiger partial charge is 0.379 e. The summed E-state index contributed by atoms with van der Waals surface area (Å²) in [4.78, 5) is 4.54. The summed E-state index contributed by atoms with van der Waals surface area (Å²) in [7, 11) is 0. The molecule has 0 aliphatic carbocycles. The van der Waals surface area contributed by atoms with Crippen LogP contribution in [0.2, 0.25) is 0 Å². The summed E-state index contributed by atoms with van der Waals surface area (Å²) >= 11 is 0. The van der Waals surface area contributed by atoms with Gasteiger partial charge in [0.1, 0.15) is 0 Å². The third-order valence-corrected chi connectivity index (χ3v) is 3.23. The van der Waals surface area contributed by atoms with Crippen LogP contribution in [0.25, 0.3) is 0 Å². The predicted octanol–water partition coefficient (Wildman–Crippen LogP) is 2.09. The Bertz CT molecular complexity index is 300. The van der Waals surface area contributed by atoms with Crippen LogP contribution in [0.3, 0.4) is 0 Å². The van der Waals surface area contributed by atoms with Gasteiger partial charge in [0.05, 0.1) is 12.7 Å². The number of allylic oxidation sites excluding steroid dienone is 1. The van der Waals surface area contributed by atoms with Crippen LogP contribution >= 0.6 is 0 Å². The molecule has 5 heteroatoms. The highest BCUT2D eigenvalue weighted by atomic mass is 16.5. The van der Waals surface area contributed by atoms with Crippen molar-refractivity contribution < 1.29 is 9.47 Å². The van der Waals surface area contributed by atoms with E-state index in [0.29, 0.717) is 6.10 Å². The first kappa shape index (κ1) is 18.0. The molecular formula is C16H31N3O2. The average molecular weight is 297 g/mol. The van der Waals surface area contributed by atoms with Crippen molar-refractivity contribution in [3.8, 4) is 0 Å². The summed E-state index contributed by atoms with van der Waals surface area (Å²) in [6.45, 7) is 9.06. The molecule has 1 heterocycles. The number of rotatable bonds is 10. The maximum atomic E-state index is 5.63. The highest BCUT2D eigenvalue weighted by Gasteiger charge is 2.14. The molecule has 0 aromatic heterocycles. The van der Waals surface area contributed by atoms with Crippen LogP contribution in [-0.4, -0.2) is 51.5 Å². The number of nitrogens with zero attached hydrogens (tertiary/aromatic N) is 1. The molecule has 1 aliphatic rings. The van der Waals surface area contributed by atoms with Gasteiger partial charge in [-0.2, -0.15) is 0 Å². The molecule has 0 radical (unpaired) electrons. The number of ether oxygens (including phenoxy) is 2. The lowest BCUT2D eigenvalue weighted by Crippen LogP contribution is -2.37. The summed E-state index contributed by atoms with van der Waals surface area (Å²) in [5.74, 6) is 0.890. The maximum Gasteiger partial charge on any atom is 0.191 e. The normalized spacial score (nSPS) is 19.3. The minimum Gasteiger partial charge on any atom is -0.379 e. The topological polar surface area (TPSA) is 54.9 Å². The Morgan fingerprint density at radius 3 is 3.05 bits per heavy atom. The standard InChI is InChI=1S/C16H31N3O2/c1-3-5-6-10-18-16(17-4-2)19-11-8-12-20-14-15-9-7-13-21-15/h3,5,15H,4,6-14H2,1-2H3,(H2,17,18,19). The van der Waals surface area contributed by atoms with Gasteiger partial charge in [0, 0.05) is 32.8 Å². The van der Waals surface area contributed by atoms with Crippen molar-refractivity contribution in [2.75, 3.05) is 39.5 Å². The molecule has 0 saturated carbocycles. The van der Waals surface area contributed by atoms with E-state index in [-0.39, 0.29) is 0 Å². The molecule has 122 valence electrons. The highest BCUT2D eigenvalue weighted by Crippen LogP contribution is 2.11. The quantitative estimate of drug-likeness (QED) is 0.281. The van der Waals surface area contributed by atoms with Gasteiger partial charge in [-0.1, -0.05) is 12.2 Å². The van der Waals surface area contributed by atoms with Gasteiger partial charge >= 0.3 is 0 Å². The van der Waals surface area contributed by atoms with Crippen LogP contribution in [0, 0.1) is 0 Å². The number of nitrogens with one attached hydrogen (secondary N) is 2. The summed E-state index contributed by atoms with van der Waals surface area (Å²) in [5, 5.41) is 6.57. The Kier molecular flexibility index (Phi) is 10.8. The van der Waals surface area contributed by atoms with Crippen LogP contribution < -0.4 is 10.6 Å². The average Bonchev–Trinajstić information content (AvgIpc) is 3.00. The second-order valence-corrected chi connectivity index (χ2v) is 5.11. The smallest absolute Gasteiger partial charge is 0.191 e. The van der Waals surface area contributed by atoms with Crippen LogP contribution in [0.5, 0.6) is 0 Å². The first-order valence-electron chi connectivity index (χ1n) is 8.19. The van der Waals surface area contributed by atoms with Gasteiger partial charge in [-0.05, 0) is 39.5 Å². The van der Waals surface area contributed by atoms with Crippen LogP contribution in [0.4, 0.5) is 0 Å². The molecule has 21 heavy (non-hydrogen) atoms. The summed E-state index contributed by atoms with van der Waals surface area (Å²) in [5.41, 5.74) is 0. The molecular weight excluding hydrogens is 266 g/mol. The van der Waals surface area contributed by atoms with Gasteiger partial charge in [-0.3, -0.25) is 4.99 Å². The number of hydrogen-bond donors (Lipinski definition) is 2. The molecule has 1 saturated heterocycles. The Morgan fingerprint density at radius 2 is 2.33 bits per heavy atom. The molecule has 1 fully saturated rings. The van der Waals surface area contributed by atoms with E-state index in [1.54, 1.807) is 0 Å². The number of aliphatic imine (C=N–C) groups is 1. The van der Waals surface area contributed by atoms with Crippen molar-refractivity contribution in [1.82, 2.24) is 10.6 Å². The minimum absolute atomic E-state index is 0.319. The van der Waals surface area contributed by atoms with Crippen LogP contribution in [0.15, 0.2) is 17.1 Å². The molecule has 0 bridgehead atoms. The number of guanidine groups is 1. The fourth-order valence-corrected chi connectivity index (χ4v) is 2.13. The van der Waals surface area contributed by atoms with Gasteiger partial charge in [0.25, 0.3) is 0 Å². The Balaban J connectivity index is 2.05. The monoisotopic (exact) mass is 297 g/mol. The molecule has 0 aromatic carbocycles. The van der Waals surface area contributed by atoms with E-state index in [4.69, 9.17) is 9.47 Å². The van der Waals surface area contributed by atoms with Gasteiger partial charge < -0.3 is 20.1 Å². The van der Waals surface area contributed by atoms with E-state index in [0.717, 1.165) is 64.7 Å². The van der Waals surface area contributed by atoms with Crippen molar-refractivity contribution >= 4 is 5.96 Å². The van der Waals surface area contributed by atoms with E-state index in [2.05, 4.69) is 34.7 Å². The molecule has 0 aromatic rings. The highest BCUT2D eigenvalue weighted by molar-refractivity contribution is 5.79. The Labute approximate surface area is 129 Å². The number of hydrogen-bond acceptors (Lipinski definition) is 3. The van der Waals surface area contributed by atoms with Gasteiger partial charge in [0.2, 0.25) is 0 Å². The van der Waals surface area contributed by atoms with Gasteiger partial charge in [-0.15, -0.1) is 0 Å².